The summed E-state index contributed by atoms with van der Waals surface area (Å²) >= 11 is 0. The maximum atomic E-state index is 12.6. The van der Waals surface area contributed by atoms with Crippen LogP contribution >= 0.6 is 0 Å². The van der Waals surface area contributed by atoms with Crippen molar-refractivity contribution in [1.82, 2.24) is 0 Å². The summed E-state index contributed by atoms with van der Waals surface area (Å²) in [5, 5.41) is 0. The topological polar surface area (TPSA) is 61.8 Å². The van der Waals surface area contributed by atoms with Gasteiger partial charge in [-0.15, -0.1) is 0 Å². The lowest BCUT2D eigenvalue weighted by molar-refractivity contribution is -0.168. The minimum atomic E-state index is -1.48. The van der Waals surface area contributed by atoms with Gasteiger partial charge >= 0.3 is 11.9 Å². The quantitative estimate of drug-likeness (QED) is 0.437. The average Bonchev–Trinajstić information content (AvgIpc) is 3.21. The Kier molecular flexibility index (Phi) is 6.80. The Hall–Kier alpha value is -3.96. The van der Waals surface area contributed by atoms with Crippen LogP contribution < -0.4 is 4.74 Å². The number of rotatable bonds is 3. The summed E-state index contributed by atoms with van der Waals surface area (Å²) in [5.74, 6) is 11.8. The molecule has 0 heterocycles. The molecule has 0 fully saturated rings. The van der Waals surface area contributed by atoms with Gasteiger partial charge in [-0.1, -0.05) is 41.9 Å². The van der Waals surface area contributed by atoms with Gasteiger partial charge in [-0.05, 0) is 36.4 Å². The van der Waals surface area contributed by atoms with Crippen LogP contribution in [0.1, 0.15) is 24.0 Å². The second kappa shape index (κ2) is 9.69. The van der Waals surface area contributed by atoms with E-state index < -0.39 is 17.4 Å². The third-order valence-electron chi connectivity index (χ3n) is 5.05. The molecule has 0 amide bonds. The van der Waals surface area contributed by atoms with Gasteiger partial charge in [0.2, 0.25) is 0 Å². The van der Waals surface area contributed by atoms with Gasteiger partial charge in [-0.2, -0.15) is 0 Å². The second-order valence-electron chi connectivity index (χ2n) is 6.97. The molecule has 3 rings (SSSR count). The predicted octanol–water partition coefficient (Wildman–Crippen LogP) is 3.52. The molecule has 0 saturated carbocycles. The van der Waals surface area contributed by atoms with Gasteiger partial charge in [0.25, 0.3) is 0 Å². The van der Waals surface area contributed by atoms with E-state index in [1.54, 1.807) is 7.11 Å². The van der Waals surface area contributed by atoms with Crippen molar-refractivity contribution in [2.75, 3.05) is 21.3 Å². The van der Waals surface area contributed by atoms with Crippen molar-refractivity contribution in [2.24, 2.45) is 5.41 Å². The van der Waals surface area contributed by atoms with Crippen molar-refractivity contribution in [1.29, 1.82) is 0 Å². The lowest BCUT2D eigenvalue weighted by atomic mass is 9.83. The van der Waals surface area contributed by atoms with Crippen LogP contribution in [0.4, 0.5) is 0 Å². The predicted molar refractivity (Wildman–Crippen MR) is 116 cm³/mol. The monoisotopic (exact) mass is 414 g/mol. The Bertz CT molecular complexity index is 1100. The zero-order valence-electron chi connectivity index (χ0n) is 17.7. The number of esters is 2. The third kappa shape index (κ3) is 4.79. The minimum Gasteiger partial charge on any atom is -0.497 e. The van der Waals surface area contributed by atoms with Crippen molar-refractivity contribution in [3.63, 3.8) is 0 Å². The molecule has 0 N–H and O–H groups in total. The summed E-state index contributed by atoms with van der Waals surface area (Å²) in [6.07, 6.45) is 0.160. The molecule has 0 spiro atoms. The maximum absolute atomic E-state index is 12.6. The number of ether oxygens (including phenoxy) is 3. The van der Waals surface area contributed by atoms with Gasteiger partial charge in [0.15, 0.2) is 5.41 Å². The molecule has 0 aromatic heterocycles. The highest BCUT2D eigenvalue weighted by atomic mass is 16.5. The molecule has 5 nitrogen and oxygen atoms in total. The van der Waals surface area contributed by atoms with Crippen LogP contribution in [0.25, 0.3) is 0 Å². The van der Waals surface area contributed by atoms with E-state index in [4.69, 9.17) is 14.2 Å². The molecular formula is C26H22O5. The van der Waals surface area contributed by atoms with Crippen LogP contribution in [0.3, 0.4) is 0 Å². The fourth-order valence-corrected chi connectivity index (χ4v) is 3.37. The summed E-state index contributed by atoms with van der Waals surface area (Å²) in [6.45, 7) is 0. The Morgan fingerprint density at radius 3 is 1.65 bits per heavy atom. The Balaban J connectivity index is 2.02. The third-order valence-corrected chi connectivity index (χ3v) is 5.05. The molecule has 1 aliphatic carbocycles. The van der Waals surface area contributed by atoms with E-state index >= 15 is 0 Å². The Labute approximate surface area is 182 Å². The van der Waals surface area contributed by atoms with Crippen molar-refractivity contribution >= 4 is 11.9 Å². The molecule has 31 heavy (non-hydrogen) atoms. The summed E-state index contributed by atoms with van der Waals surface area (Å²) in [4.78, 5) is 25.2. The van der Waals surface area contributed by atoms with Crippen molar-refractivity contribution < 1.29 is 23.8 Å². The van der Waals surface area contributed by atoms with Crippen LogP contribution in [-0.2, 0) is 19.1 Å². The largest absolute Gasteiger partial charge is 0.497 e. The molecule has 0 unspecified atom stereocenters. The van der Waals surface area contributed by atoms with E-state index in [0.717, 1.165) is 16.9 Å². The zero-order chi connectivity index (χ0) is 22.3. The van der Waals surface area contributed by atoms with Crippen molar-refractivity contribution in [3.8, 4) is 29.4 Å². The molecule has 0 aliphatic heterocycles. The summed E-state index contributed by atoms with van der Waals surface area (Å²) < 4.78 is 15.0. The fourth-order valence-electron chi connectivity index (χ4n) is 3.37. The zero-order valence-corrected chi connectivity index (χ0v) is 17.7. The van der Waals surface area contributed by atoms with Gasteiger partial charge in [0.05, 0.1) is 21.3 Å². The maximum Gasteiger partial charge on any atom is 0.323 e. The Morgan fingerprint density at radius 2 is 1.19 bits per heavy atom. The van der Waals surface area contributed by atoms with E-state index in [9.17, 15) is 9.59 Å². The number of allylic oxidation sites excluding steroid dienone is 2. The average molecular weight is 414 g/mol. The molecule has 156 valence electrons. The Morgan fingerprint density at radius 1 is 0.710 bits per heavy atom. The van der Waals surface area contributed by atoms with E-state index in [-0.39, 0.29) is 12.8 Å². The number of hydrogen-bond donors (Lipinski definition) is 0. The first-order valence-electron chi connectivity index (χ1n) is 9.64. The number of hydrogen-bond acceptors (Lipinski definition) is 5. The highest BCUT2D eigenvalue weighted by Gasteiger charge is 2.53. The van der Waals surface area contributed by atoms with Crippen LogP contribution in [0.15, 0.2) is 65.7 Å². The first-order chi connectivity index (χ1) is 15.0. The van der Waals surface area contributed by atoms with Crippen LogP contribution in [0, 0.1) is 29.1 Å². The van der Waals surface area contributed by atoms with Gasteiger partial charge in [-0.3, -0.25) is 9.59 Å². The lowest BCUT2D eigenvalue weighted by Gasteiger charge is -2.22. The summed E-state index contributed by atoms with van der Waals surface area (Å²) in [7, 11) is 4.10. The second-order valence-corrected chi connectivity index (χ2v) is 6.97. The summed E-state index contributed by atoms with van der Waals surface area (Å²) in [6, 6.07) is 16.8. The van der Waals surface area contributed by atoms with E-state index in [1.165, 1.54) is 14.2 Å². The molecule has 2 aromatic rings. The van der Waals surface area contributed by atoms with Gasteiger partial charge in [-0.25, -0.2) is 0 Å². The molecule has 0 bridgehead atoms. The molecule has 0 radical (unpaired) electrons. The summed E-state index contributed by atoms with van der Waals surface area (Å²) in [5.41, 5.74) is 1.37. The molecule has 5 heteroatoms. The molecule has 0 atom stereocenters. The molecule has 1 aliphatic rings. The first-order valence-corrected chi connectivity index (χ1v) is 9.64. The van der Waals surface area contributed by atoms with Gasteiger partial charge < -0.3 is 14.2 Å². The SMILES string of the molecule is COC(=O)C1(C(=O)OC)CC(C#Cc2ccccc2)=C(C#Cc2ccc(OC)cc2)C1. The van der Waals surface area contributed by atoms with Crippen LogP contribution in [-0.4, -0.2) is 33.3 Å². The smallest absolute Gasteiger partial charge is 0.323 e. The number of methoxy groups -OCH3 is 3. The molecule has 0 saturated heterocycles. The highest BCUT2D eigenvalue weighted by Crippen LogP contribution is 2.43. The van der Waals surface area contributed by atoms with Crippen LogP contribution in [0.5, 0.6) is 5.75 Å². The van der Waals surface area contributed by atoms with Gasteiger partial charge in [0, 0.05) is 35.1 Å². The normalized spacial score (nSPS) is 13.9. The van der Waals surface area contributed by atoms with E-state index in [2.05, 4.69) is 23.7 Å². The fraction of sp³-hybridized carbons (Fsp3) is 0.231. The minimum absolute atomic E-state index is 0.0777. The number of carbonyl (C=O) groups is 2. The lowest BCUT2D eigenvalue weighted by Crippen LogP contribution is -2.39. The van der Waals surface area contributed by atoms with Crippen molar-refractivity contribution in [2.45, 2.75) is 12.8 Å². The van der Waals surface area contributed by atoms with E-state index in [0.29, 0.717) is 11.1 Å². The van der Waals surface area contributed by atoms with E-state index in [1.807, 2.05) is 54.6 Å². The molecular weight excluding hydrogens is 392 g/mol. The number of carbonyl (C=O) groups excluding carboxylic acids is 2. The highest BCUT2D eigenvalue weighted by molar-refractivity contribution is 6.02. The first kappa shape index (κ1) is 21.7. The van der Waals surface area contributed by atoms with Gasteiger partial charge in [0.1, 0.15) is 5.75 Å². The molecule has 2 aromatic carbocycles. The number of benzene rings is 2. The van der Waals surface area contributed by atoms with Crippen LogP contribution in [0.2, 0.25) is 0 Å². The standard InChI is InChI=1S/C26H22O5/c1-29-23-15-11-20(12-16-23)10-14-22-18-26(24(27)30-2,25(28)31-3)17-21(22)13-9-19-7-5-4-6-8-19/h4-8,11-12,15-16H,17-18H2,1-3H3. The van der Waals surface area contributed by atoms with Crippen molar-refractivity contribution in [3.05, 3.63) is 76.9 Å².